The predicted molar refractivity (Wildman–Crippen MR) is 180 cm³/mol. The SMILES string of the molecule is CCOc1ccc(CCCNC(=O)[C@@H]2CCC(=O)N[C@@H](C)C(=O)N[C@H](C(C)C)C(=O)N[C@@H](C)COc3ccccc3C(=O)N2)cc1OC. The van der Waals surface area contributed by atoms with Crippen LogP contribution in [0.5, 0.6) is 17.2 Å². The van der Waals surface area contributed by atoms with E-state index in [4.69, 9.17) is 14.2 Å². The topological polar surface area (TPSA) is 173 Å². The van der Waals surface area contributed by atoms with E-state index in [1.54, 1.807) is 52.1 Å². The molecule has 1 heterocycles. The first-order valence-corrected chi connectivity index (χ1v) is 16.4. The number of benzene rings is 2. The van der Waals surface area contributed by atoms with Crippen LogP contribution in [-0.4, -0.2) is 80.6 Å². The Bertz CT molecular complexity index is 1430. The Balaban J connectivity index is 1.75. The van der Waals surface area contributed by atoms with Gasteiger partial charge in [-0.1, -0.05) is 32.0 Å². The van der Waals surface area contributed by atoms with Crippen LogP contribution in [0.25, 0.3) is 0 Å². The molecule has 2 aromatic carbocycles. The number of carbonyl (C=O) groups is 5. The fourth-order valence-electron chi connectivity index (χ4n) is 5.11. The van der Waals surface area contributed by atoms with Crippen molar-refractivity contribution in [2.45, 2.75) is 84.5 Å². The summed E-state index contributed by atoms with van der Waals surface area (Å²) in [6.45, 7) is 9.65. The summed E-state index contributed by atoms with van der Waals surface area (Å²) < 4.78 is 16.9. The first-order chi connectivity index (χ1) is 22.9. The molecule has 3 rings (SSSR count). The van der Waals surface area contributed by atoms with E-state index in [-0.39, 0.29) is 36.7 Å². The highest BCUT2D eigenvalue weighted by molar-refractivity contribution is 6.00. The van der Waals surface area contributed by atoms with E-state index in [0.717, 1.165) is 5.56 Å². The number of rotatable bonds is 9. The van der Waals surface area contributed by atoms with Gasteiger partial charge in [0, 0.05) is 13.0 Å². The second-order valence-electron chi connectivity index (χ2n) is 12.1. The molecule has 2 aromatic rings. The zero-order valence-corrected chi connectivity index (χ0v) is 28.6. The van der Waals surface area contributed by atoms with Gasteiger partial charge in [-0.25, -0.2) is 0 Å². The number of carbonyl (C=O) groups excluding carboxylic acids is 5. The van der Waals surface area contributed by atoms with Crippen molar-refractivity contribution in [3.8, 4) is 17.2 Å². The summed E-state index contributed by atoms with van der Waals surface area (Å²) in [7, 11) is 1.58. The molecule has 0 radical (unpaired) electrons. The second-order valence-corrected chi connectivity index (χ2v) is 12.1. The highest BCUT2D eigenvalue weighted by atomic mass is 16.5. The first-order valence-electron chi connectivity index (χ1n) is 16.4. The van der Waals surface area contributed by atoms with E-state index < -0.39 is 53.7 Å². The Kier molecular flexibility index (Phi) is 14.5. The molecule has 1 aliphatic heterocycles. The van der Waals surface area contributed by atoms with Crippen molar-refractivity contribution >= 4 is 29.5 Å². The van der Waals surface area contributed by atoms with Gasteiger partial charge in [0.1, 0.15) is 30.5 Å². The molecule has 1 aliphatic rings. The van der Waals surface area contributed by atoms with Crippen LogP contribution in [0.2, 0.25) is 0 Å². The van der Waals surface area contributed by atoms with Crippen molar-refractivity contribution in [2.24, 2.45) is 5.92 Å². The number of hydrogen-bond acceptors (Lipinski definition) is 8. The Morgan fingerprint density at radius 3 is 2.44 bits per heavy atom. The second kappa shape index (κ2) is 18.5. The van der Waals surface area contributed by atoms with E-state index in [1.165, 1.54) is 6.92 Å². The van der Waals surface area contributed by atoms with E-state index in [0.29, 0.717) is 37.5 Å². The van der Waals surface area contributed by atoms with Gasteiger partial charge in [-0.15, -0.1) is 0 Å². The average molecular weight is 668 g/mol. The molecule has 0 aromatic heterocycles. The minimum absolute atomic E-state index is 0.0229. The molecule has 13 heteroatoms. The van der Waals surface area contributed by atoms with Crippen molar-refractivity contribution in [3.63, 3.8) is 0 Å². The third kappa shape index (κ3) is 11.2. The maximum atomic E-state index is 13.5. The molecule has 0 fully saturated rings. The van der Waals surface area contributed by atoms with Gasteiger partial charge in [0.15, 0.2) is 11.5 Å². The molecular formula is C35H49N5O8. The molecule has 13 nitrogen and oxygen atoms in total. The van der Waals surface area contributed by atoms with E-state index in [9.17, 15) is 24.0 Å². The number of fused-ring (bicyclic) bond motifs is 1. The number of nitrogens with one attached hydrogen (secondary N) is 5. The molecule has 0 saturated heterocycles. The maximum Gasteiger partial charge on any atom is 0.255 e. The number of aryl methyl sites for hydroxylation is 1. The van der Waals surface area contributed by atoms with E-state index in [1.807, 2.05) is 25.1 Å². The normalized spacial score (nSPS) is 21.2. The summed E-state index contributed by atoms with van der Waals surface area (Å²) in [5.74, 6) is -1.09. The lowest BCUT2D eigenvalue weighted by Gasteiger charge is -2.26. The van der Waals surface area contributed by atoms with Crippen LogP contribution < -0.4 is 40.8 Å². The predicted octanol–water partition coefficient (Wildman–Crippen LogP) is 2.26. The lowest BCUT2D eigenvalue weighted by molar-refractivity contribution is -0.132. The standard InChI is InChI=1S/C35H49N5O8/c1-7-47-28-16-14-24(19-29(28)46-6)11-10-18-36-34(44)26-15-17-30(41)38-23(5)32(42)40-31(21(2)3)35(45)37-22(4)20-48-27-13-9-8-12-25(27)33(43)39-26/h8-9,12-14,16,19,21-23,26,31H,7,10-11,15,17-18,20H2,1-6H3,(H,36,44)(H,37,45)(H,38,41)(H,39,43)(H,40,42)/t22-,23-,26-,31+/m0/s1. The number of ether oxygens (including phenoxy) is 3. The van der Waals surface area contributed by atoms with Crippen LogP contribution in [0.3, 0.4) is 0 Å². The van der Waals surface area contributed by atoms with Gasteiger partial charge >= 0.3 is 0 Å². The Hall–Kier alpha value is -4.81. The van der Waals surface area contributed by atoms with Crippen LogP contribution in [0.1, 0.15) is 69.8 Å². The molecule has 5 N–H and O–H groups in total. The molecular weight excluding hydrogens is 618 g/mol. The smallest absolute Gasteiger partial charge is 0.255 e. The summed E-state index contributed by atoms with van der Waals surface area (Å²) in [5, 5.41) is 13.8. The number of amides is 5. The first kappa shape index (κ1) is 37.6. The van der Waals surface area contributed by atoms with Gasteiger partial charge in [0.05, 0.1) is 25.3 Å². The van der Waals surface area contributed by atoms with Crippen LogP contribution in [-0.2, 0) is 25.6 Å². The largest absolute Gasteiger partial charge is 0.493 e. The third-order valence-corrected chi connectivity index (χ3v) is 7.78. The lowest BCUT2D eigenvalue weighted by Crippen LogP contribution is -2.56. The minimum Gasteiger partial charge on any atom is -0.493 e. The van der Waals surface area contributed by atoms with Crippen LogP contribution >= 0.6 is 0 Å². The van der Waals surface area contributed by atoms with E-state index >= 15 is 0 Å². The molecule has 0 spiro atoms. The molecule has 4 atom stereocenters. The Morgan fingerprint density at radius 1 is 0.979 bits per heavy atom. The zero-order valence-electron chi connectivity index (χ0n) is 28.6. The Labute approximate surface area is 282 Å². The summed E-state index contributed by atoms with van der Waals surface area (Å²) in [5.41, 5.74) is 1.21. The van der Waals surface area contributed by atoms with Crippen molar-refractivity contribution < 1.29 is 38.2 Å². The molecule has 262 valence electrons. The maximum absolute atomic E-state index is 13.5. The van der Waals surface area contributed by atoms with Gasteiger partial charge in [0.2, 0.25) is 23.6 Å². The summed E-state index contributed by atoms with van der Waals surface area (Å²) in [4.78, 5) is 65.7. The molecule has 0 bridgehead atoms. The quantitative estimate of drug-likeness (QED) is 0.253. The fraction of sp³-hybridized carbons (Fsp3) is 0.514. The highest BCUT2D eigenvalue weighted by Crippen LogP contribution is 2.28. The van der Waals surface area contributed by atoms with Gasteiger partial charge in [-0.3, -0.25) is 24.0 Å². The molecule has 0 saturated carbocycles. The minimum atomic E-state index is -1.05. The average Bonchev–Trinajstić information content (AvgIpc) is 3.06. The molecule has 0 aliphatic carbocycles. The number of hydrogen-bond donors (Lipinski definition) is 5. The number of methoxy groups -OCH3 is 1. The van der Waals surface area contributed by atoms with Crippen molar-refractivity contribution in [2.75, 3.05) is 26.9 Å². The monoisotopic (exact) mass is 667 g/mol. The Morgan fingerprint density at radius 2 is 1.73 bits per heavy atom. The molecule has 48 heavy (non-hydrogen) atoms. The van der Waals surface area contributed by atoms with Crippen LogP contribution in [0.15, 0.2) is 42.5 Å². The summed E-state index contributed by atoms with van der Waals surface area (Å²) >= 11 is 0. The highest BCUT2D eigenvalue weighted by Gasteiger charge is 2.29. The summed E-state index contributed by atoms with van der Waals surface area (Å²) in [6, 6.07) is 8.97. The lowest BCUT2D eigenvalue weighted by atomic mass is 10.0. The fourth-order valence-corrected chi connectivity index (χ4v) is 5.11. The third-order valence-electron chi connectivity index (χ3n) is 7.78. The van der Waals surface area contributed by atoms with Gasteiger partial charge in [-0.2, -0.15) is 0 Å². The summed E-state index contributed by atoms with van der Waals surface area (Å²) in [6.07, 6.45) is 1.10. The van der Waals surface area contributed by atoms with Crippen molar-refractivity contribution in [1.82, 2.24) is 26.6 Å². The number of para-hydroxylation sites is 1. The van der Waals surface area contributed by atoms with Crippen molar-refractivity contribution in [1.29, 1.82) is 0 Å². The van der Waals surface area contributed by atoms with Crippen molar-refractivity contribution in [3.05, 3.63) is 53.6 Å². The zero-order chi connectivity index (χ0) is 35.2. The molecule has 5 amide bonds. The van der Waals surface area contributed by atoms with Crippen LogP contribution in [0, 0.1) is 5.92 Å². The molecule has 0 unspecified atom stereocenters. The van der Waals surface area contributed by atoms with Crippen LogP contribution in [0.4, 0.5) is 0 Å². The van der Waals surface area contributed by atoms with Gasteiger partial charge < -0.3 is 40.8 Å². The van der Waals surface area contributed by atoms with Gasteiger partial charge in [-0.05, 0) is 75.8 Å². The van der Waals surface area contributed by atoms with E-state index in [2.05, 4.69) is 26.6 Å². The van der Waals surface area contributed by atoms with Gasteiger partial charge in [0.25, 0.3) is 5.91 Å².